The van der Waals surface area contributed by atoms with Gasteiger partial charge in [-0.1, -0.05) is 0 Å². The first-order chi connectivity index (χ1) is 6.15. The molecule has 3 nitrogen and oxygen atoms in total. The quantitative estimate of drug-likeness (QED) is 0.682. The van der Waals surface area contributed by atoms with Gasteiger partial charge in [-0.25, -0.2) is 0 Å². The third-order valence-electron chi connectivity index (χ3n) is 3.06. The highest BCUT2D eigenvalue weighted by Crippen LogP contribution is 2.22. The van der Waals surface area contributed by atoms with Gasteiger partial charge < -0.3 is 14.9 Å². The van der Waals surface area contributed by atoms with E-state index in [1.807, 2.05) is 0 Å². The molecule has 0 aromatic rings. The average molecular weight is 186 g/mol. The number of hydrogen-bond acceptors (Lipinski definition) is 3. The highest BCUT2D eigenvalue weighted by Gasteiger charge is 2.28. The molecule has 2 atom stereocenters. The summed E-state index contributed by atoms with van der Waals surface area (Å²) in [5, 5.41) is 8.97. The van der Waals surface area contributed by atoms with E-state index in [1.165, 1.54) is 19.5 Å². The maximum Gasteiger partial charge on any atom is 0.0446 e. The van der Waals surface area contributed by atoms with Crippen LogP contribution in [0, 0.1) is 5.92 Å². The average Bonchev–Trinajstić information content (AvgIpc) is 2.46. The first-order valence-corrected chi connectivity index (χ1v) is 5.11. The van der Waals surface area contributed by atoms with Crippen LogP contribution < -0.4 is 0 Å². The van der Waals surface area contributed by atoms with E-state index in [-0.39, 0.29) is 0 Å². The van der Waals surface area contributed by atoms with Crippen molar-refractivity contribution in [2.24, 2.45) is 5.92 Å². The van der Waals surface area contributed by atoms with Gasteiger partial charge in [0.25, 0.3) is 0 Å². The zero-order valence-electron chi connectivity index (χ0n) is 9.03. The molecule has 1 rings (SSSR count). The molecule has 2 unspecified atom stereocenters. The Kier molecular flexibility index (Phi) is 4.16. The lowest BCUT2D eigenvalue weighted by atomic mass is 9.95. The fourth-order valence-corrected chi connectivity index (χ4v) is 2.33. The summed E-state index contributed by atoms with van der Waals surface area (Å²) in [6.45, 7) is 2.70. The Balaban J connectivity index is 2.44. The van der Waals surface area contributed by atoms with Crippen LogP contribution in [-0.2, 0) is 0 Å². The van der Waals surface area contributed by atoms with E-state index in [0.717, 1.165) is 12.3 Å². The predicted molar refractivity (Wildman–Crippen MR) is 54.8 cm³/mol. The molecule has 0 aliphatic carbocycles. The molecule has 13 heavy (non-hydrogen) atoms. The number of hydrogen-bond donors (Lipinski definition) is 1. The molecule has 0 aromatic carbocycles. The van der Waals surface area contributed by atoms with Crippen molar-refractivity contribution in [1.29, 1.82) is 0 Å². The maximum absolute atomic E-state index is 8.97. The molecular formula is C10H22N2O. The largest absolute Gasteiger partial charge is 0.396 e. The second-order valence-corrected chi connectivity index (χ2v) is 4.35. The van der Waals surface area contributed by atoms with E-state index in [4.69, 9.17) is 5.11 Å². The number of rotatable bonds is 4. The van der Waals surface area contributed by atoms with Gasteiger partial charge in [-0.05, 0) is 46.4 Å². The summed E-state index contributed by atoms with van der Waals surface area (Å²) in [4.78, 5) is 4.62. The van der Waals surface area contributed by atoms with Gasteiger partial charge in [-0.2, -0.15) is 0 Å². The van der Waals surface area contributed by atoms with Crippen molar-refractivity contribution < 1.29 is 5.11 Å². The molecule has 0 amide bonds. The minimum atomic E-state index is 0.309. The summed E-state index contributed by atoms with van der Waals surface area (Å²) in [7, 11) is 6.39. The van der Waals surface area contributed by atoms with Crippen molar-refractivity contribution in [3.05, 3.63) is 0 Å². The van der Waals surface area contributed by atoms with E-state index in [0.29, 0.717) is 12.6 Å². The van der Waals surface area contributed by atoms with Gasteiger partial charge in [0.05, 0.1) is 0 Å². The lowest BCUT2D eigenvalue weighted by molar-refractivity contribution is 0.160. The van der Waals surface area contributed by atoms with E-state index >= 15 is 0 Å². The zero-order valence-corrected chi connectivity index (χ0v) is 9.03. The van der Waals surface area contributed by atoms with E-state index in [9.17, 15) is 0 Å². The van der Waals surface area contributed by atoms with Crippen LogP contribution in [0.4, 0.5) is 0 Å². The molecule has 1 heterocycles. The van der Waals surface area contributed by atoms with Crippen LogP contribution in [0.15, 0.2) is 0 Å². The van der Waals surface area contributed by atoms with Crippen LogP contribution >= 0.6 is 0 Å². The second kappa shape index (κ2) is 4.94. The third kappa shape index (κ3) is 2.93. The van der Waals surface area contributed by atoms with Crippen molar-refractivity contribution in [3.63, 3.8) is 0 Å². The zero-order chi connectivity index (χ0) is 9.84. The van der Waals surface area contributed by atoms with Crippen molar-refractivity contribution >= 4 is 0 Å². The van der Waals surface area contributed by atoms with Crippen LogP contribution in [0.5, 0.6) is 0 Å². The van der Waals surface area contributed by atoms with Crippen molar-refractivity contribution in [3.8, 4) is 0 Å². The van der Waals surface area contributed by atoms with Gasteiger partial charge in [0.15, 0.2) is 0 Å². The van der Waals surface area contributed by atoms with Gasteiger partial charge in [0.1, 0.15) is 0 Å². The van der Waals surface area contributed by atoms with Gasteiger partial charge in [0.2, 0.25) is 0 Å². The molecule has 78 valence electrons. The first-order valence-electron chi connectivity index (χ1n) is 5.11. The monoisotopic (exact) mass is 186 g/mol. The lowest BCUT2D eigenvalue weighted by Crippen LogP contribution is -2.37. The van der Waals surface area contributed by atoms with Crippen LogP contribution in [0.2, 0.25) is 0 Å². The summed E-state index contributed by atoms with van der Waals surface area (Å²) < 4.78 is 0. The fourth-order valence-electron chi connectivity index (χ4n) is 2.33. The second-order valence-electron chi connectivity index (χ2n) is 4.35. The highest BCUT2D eigenvalue weighted by atomic mass is 16.3. The van der Waals surface area contributed by atoms with Crippen molar-refractivity contribution in [1.82, 2.24) is 9.80 Å². The standard InChI is InChI=1S/C10H22N2O/c1-11(2)10(5-7-13)9-4-6-12(3)8-9/h9-10,13H,4-8H2,1-3H3. The molecule has 0 aromatic heterocycles. The number of likely N-dealkylation sites (tertiary alicyclic amines) is 1. The SMILES string of the molecule is CN1CCC(C(CCO)N(C)C)C1. The Bertz CT molecular complexity index is 150. The van der Waals surface area contributed by atoms with Crippen LogP contribution in [0.25, 0.3) is 0 Å². The minimum absolute atomic E-state index is 0.309. The molecule has 1 fully saturated rings. The molecule has 1 aliphatic heterocycles. The Morgan fingerprint density at radius 1 is 1.54 bits per heavy atom. The Morgan fingerprint density at radius 3 is 2.62 bits per heavy atom. The first kappa shape index (κ1) is 11.0. The molecule has 0 spiro atoms. The Labute approximate surface area is 81.3 Å². The minimum Gasteiger partial charge on any atom is -0.396 e. The third-order valence-corrected chi connectivity index (χ3v) is 3.06. The molecule has 1 saturated heterocycles. The summed E-state index contributed by atoms with van der Waals surface area (Å²) >= 11 is 0. The predicted octanol–water partition coefficient (Wildman–Crippen LogP) is 0.251. The summed E-state index contributed by atoms with van der Waals surface area (Å²) in [6, 6.07) is 0.551. The van der Waals surface area contributed by atoms with Crippen LogP contribution in [0.1, 0.15) is 12.8 Å². The molecule has 1 N–H and O–H groups in total. The molecule has 3 heteroatoms. The van der Waals surface area contributed by atoms with Crippen molar-refractivity contribution in [2.45, 2.75) is 18.9 Å². The summed E-state index contributed by atoms with van der Waals surface area (Å²) in [5.74, 6) is 0.743. The molecule has 0 radical (unpaired) electrons. The Morgan fingerprint density at radius 2 is 2.23 bits per heavy atom. The maximum atomic E-state index is 8.97. The molecular weight excluding hydrogens is 164 g/mol. The van der Waals surface area contributed by atoms with E-state index in [1.54, 1.807) is 0 Å². The molecule has 0 bridgehead atoms. The normalized spacial score (nSPS) is 27.0. The van der Waals surface area contributed by atoms with Crippen molar-refractivity contribution in [2.75, 3.05) is 40.8 Å². The van der Waals surface area contributed by atoms with E-state index < -0.39 is 0 Å². The van der Waals surface area contributed by atoms with Gasteiger partial charge in [-0.15, -0.1) is 0 Å². The van der Waals surface area contributed by atoms with Crippen LogP contribution in [-0.4, -0.2) is 61.8 Å². The van der Waals surface area contributed by atoms with Gasteiger partial charge in [-0.3, -0.25) is 0 Å². The lowest BCUT2D eigenvalue weighted by Gasteiger charge is -2.29. The number of aliphatic hydroxyl groups is 1. The molecule has 1 aliphatic rings. The number of nitrogens with zero attached hydrogens (tertiary/aromatic N) is 2. The number of aliphatic hydroxyl groups excluding tert-OH is 1. The summed E-state index contributed by atoms with van der Waals surface area (Å²) in [6.07, 6.45) is 2.19. The summed E-state index contributed by atoms with van der Waals surface area (Å²) in [5.41, 5.74) is 0. The van der Waals surface area contributed by atoms with Gasteiger partial charge >= 0.3 is 0 Å². The Hall–Kier alpha value is -0.120. The smallest absolute Gasteiger partial charge is 0.0446 e. The fraction of sp³-hybridized carbons (Fsp3) is 1.00. The topological polar surface area (TPSA) is 26.7 Å². The van der Waals surface area contributed by atoms with Gasteiger partial charge in [0, 0.05) is 19.2 Å². The van der Waals surface area contributed by atoms with Crippen LogP contribution in [0.3, 0.4) is 0 Å². The molecule has 0 saturated carbocycles. The van der Waals surface area contributed by atoms with E-state index in [2.05, 4.69) is 30.9 Å². The highest BCUT2D eigenvalue weighted by molar-refractivity contribution is 4.83.